The number of hydrogen-bond donors (Lipinski definition) is 0. The van der Waals surface area contributed by atoms with Crippen molar-refractivity contribution in [2.45, 2.75) is 33.0 Å². The molecule has 0 spiro atoms. The van der Waals surface area contributed by atoms with Crippen molar-refractivity contribution in [2.24, 2.45) is 0 Å². The van der Waals surface area contributed by atoms with Crippen LogP contribution < -0.4 is 0 Å². The van der Waals surface area contributed by atoms with Crippen LogP contribution in [0.25, 0.3) is 0 Å². The lowest BCUT2D eigenvalue weighted by molar-refractivity contribution is -0.137. The Morgan fingerprint density at radius 1 is 1.25 bits per heavy atom. The van der Waals surface area contributed by atoms with Crippen molar-refractivity contribution in [3.8, 4) is 0 Å². The van der Waals surface area contributed by atoms with Gasteiger partial charge in [-0.05, 0) is 19.4 Å². The lowest BCUT2D eigenvalue weighted by Crippen LogP contribution is -2.53. The zero-order valence-corrected chi connectivity index (χ0v) is 15.1. The van der Waals surface area contributed by atoms with E-state index in [0.717, 1.165) is 23.4 Å². The molecule has 3 rings (SSSR count). The molecule has 6 heteroatoms. The second-order valence-electron chi connectivity index (χ2n) is 6.52. The summed E-state index contributed by atoms with van der Waals surface area (Å²) >= 11 is 6.58. The van der Waals surface area contributed by atoms with E-state index < -0.39 is 0 Å². The van der Waals surface area contributed by atoms with E-state index in [1.54, 1.807) is 0 Å². The summed E-state index contributed by atoms with van der Waals surface area (Å²) < 4.78 is 1.84. The number of piperazine rings is 1. The Hall–Kier alpha value is -1.85. The van der Waals surface area contributed by atoms with Crippen LogP contribution >= 0.6 is 11.6 Å². The number of amides is 1. The van der Waals surface area contributed by atoms with E-state index in [1.165, 1.54) is 0 Å². The third kappa shape index (κ3) is 3.47. The first-order valence-corrected chi connectivity index (χ1v) is 8.57. The van der Waals surface area contributed by atoms with Crippen molar-refractivity contribution in [1.29, 1.82) is 0 Å². The molecule has 0 radical (unpaired) electrons. The first-order chi connectivity index (χ1) is 11.5. The Labute approximate surface area is 147 Å². The van der Waals surface area contributed by atoms with E-state index in [9.17, 15) is 4.79 Å². The molecule has 1 unspecified atom stereocenters. The average molecular weight is 347 g/mol. The van der Waals surface area contributed by atoms with Gasteiger partial charge in [-0.3, -0.25) is 9.69 Å². The van der Waals surface area contributed by atoms with Crippen LogP contribution in [0.1, 0.15) is 23.7 Å². The van der Waals surface area contributed by atoms with Gasteiger partial charge in [0, 0.05) is 31.7 Å². The summed E-state index contributed by atoms with van der Waals surface area (Å²) in [4.78, 5) is 16.0. The van der Waals surface area contributed by atoms with Gasteiger partial charge in [0.15, 0.2) is 0 Å². The molecule has 1 amide bonds. The van der Waals surface area contributed by atoms with Gasteiger partial charge in [0.2, 0.25) is 5.91 Å². The minimum absolute atomic E-state index is 0.152. The number of likely N-dealkylation sites (N-methyl/N-ethyl adjacent to an activating group) is 1. The summed E-state index contributed by atoms with van der Waals surface area (Å²) in [5.74, 6) is 0.152. The van der Waals surface area contributed by atoms with E-state index >= 15 is 0 Å². The number of benzene rings is 1. The smallest absolute Gasteiger partial charge is 0.236 e. The van der Waals surface area contributed by atoms with Gasteiger partial charge in [-0.25, -0.2) is 4.68 Å². The molecule has 1 aliphatic heterocycles. The zero-order valence-electron chi connectivity index (χ0n) is 14.4. The fraction of sp³-hybridized carbons (Fsp3) is 0.444. The number of aromatic nitrogens is 2. The van der Waals surface area contributed by atoms with Gasteiger partial charge in [0.25, 0.3) is 0 Å². The normalized spacial score (nSPS) is 19.1. The summed E-state index contributed by atoms with van der Waals surface area (Å²) in [6, 6.07) is 10.4. The van der Waals surface area contributed by atoms with E-state index in [0.29, 0.717) is 24.8 Å². The monoisotopic (exact) mass is 346 g/mol. The van der Waals surface area contributed by atoms with Crippen LogP contribution in [-0.2, 0) is 17.9 Å². The summed E-state index contributed by atoms with van der Waals surface area (Å²) in [5, 5.41) is 5.25. The van der Waals surface area contributed by atoms with Crippen molar-refractivity contribution in [2.75, 3.05) is 20.1 Å². The maximum Gasteiger partial charge on any atom is 0.236 e. The fourth-order valence-electron chi connectivity index (χ4n) is 3.08. The Morgan fingerprint density at radius 3 is 2.62 bits per heavy atom. The summed E-state index contributed by atoms with van der Waals surface area (Å²) in [7, 11) is 1.86. The molecule has 1 aromatic heterocycles. The quantitative estimate of drug-likeness (QED) is 0.854. The van der Waals surface area contributed by atoms with Crippen LogP contribution in [0.4, 0.5) is 0 Å². The summed E-state index contributed by atoms with van der Waals surface area (Å²) in [5.41, 5.74) is 3.10. The molecule has 128 valence electrons. The van der Waals surface area contributed by atoms with Crippen LogP contribution in [0, 0.1) is 6.92 Å². The molecule has 1 fully saturated rings. The molecule has 1 aliphatic rings. The molecule has 0 saturated carbocycles. The summed E-state index contributed by atoms with van der Waals surface area (Å²) in [6.45, 7) is 6.63. The number of carbonyl (C=O) groups is 1. The highest BCUT2D eigenvalue weighted by atomic mass is 35.5. The predicted molar refractivity (Wildman–Crippen MR) is 95.0 cm³/mol. The molecular formula is C18H23ClN4O. The van der Waals surface area contributed by atoms with Gasteiger partial charge in [-0.1, -0.05) is 41.9 Å². The van der Waals surface area contributed by atoms with Gasteiger partial charge in [0.05, 0.1) is 18.8 Å². The molecule has 0 aliphatic carbocycles. The van der Waals surface area contributed by atoms with Gasteiger partial charge < -0.3 is 4.90 Å². The van der Waals surface area contributed by atoms with E-state index in [-0.39, 0.29) is 11.9 Å². The highest BCUT2D eigenvalue weighted by Crippen LogP contribution is 2.24. The molecule has 1 atom stereocenters. The van der Waals surface area contributed by atoms with Crippen LogP contribution in [0.15, 0.2) is 30.3 Å². The number of nitrogens with zero attached hydrogens (tertiary/aromatic N) is 4. The second-order valence-corrected chi connectivity index (χ2v) is 6.88. The molecule has 2 heterocycles. The van der Waals surface area contributed by atoms with Crippen LogP contribution in [0.2, 0.25) is 5.15 Å². The van der Waals surface area contributed by atoms with Crippen LogP contribution in [0.5, 0.6) is 0 Å². The van der Waals surface area contributed by atoms with Gasteiger partial charge in [-0.15, -0.1) is 0 Å². The first-order valence-electron chi connectivity index (χ1n) is 8.19. The minimum atomic E-state index is 0.152. The highest BCUT2D eigenvalue weighted by molar-refractivity contribution is 6.30. The van der Waals surface area contributed by atoms with E-state index in [2.05, 4.69) is 29.1 Å². The topological polar surface area (TPSA) is 41.4 Å². The Balaban J connectivity index is 1.76. The maximum atomic E-state index is 12.1. The highest BCUT2D eigenvalue weighted by Gasteiger charge is 2.28. The van der Waals surface area contributed by atoms with E-state index in [4.69, 9.17) is 11.6 Å². The standard InChI is InChI=1S/C18H23ClN4O/c1-13-9-22(12-17(24)21(13)3)11-16-14(2)20-23(18(16)19)10-15-7-5-4-6-8-15/h4-8,13H,9-12H2,1-3H3. The SMILES string of the molecule is Cc1nn(Cc2ccccc2)c(Cl)c1CN1CC(=O)N(C)C(C)C1. The molecule has 2 aromatic rings. The Morgan fingerprint density at radius 2 is 1.96 bits per heavy atom. The second kappa shape index (κ2) is 6.95. The molecular weight excluding hydrogens is 324 g/mol. The fourth-order valence-corrected chi connectivity index (χ4v) is 3.38. The lowest BCUT2D eigenvalue weighted by Gasteiger charge is -2.37. The molecule has 1 aromatic carbocycles. The van der Waals surface area contributed by atoms with Crippen LogP contribution in [-0.4, -0.2) is 51.7 Å². The third-order valence-corrected chi connectivity index (χ3v) is 5.10. The van der Waals surface area contributed by atoms with Gasteiger partial charge in [-0.2, -0.15) is 5.10 Å². The number of carbonyl (C=O) groups excluding carboxylic acids is 1. The number of hydrogen-bond acceptors (Lipinski definition) is 3. The minimum Gasteiger partial charge on any atom is -0.341 e. The van der Waals surface area contributed by atoms with Crippen molar-refractivity contribution in [3.63, 3.8) is 0 Å². The van der Waals surface area contributed by atoms with Crippen molar-refractivity contribution >= 4 is 17.5 Å². The van der Waals surface area contributed by atoms with Crippen molar-refractivity contribution in [3.05, 3.63) is 52.3 Å². The number of rotatable bonds is 4. The first kappa shape index (κ1) is 17.0. The maximum absolute atomic E-state index is 12.1. The van der Waals surface area contributed by atoms with Gasteiger partial charge in [0.1, 0.15) is 5.15 Å². The molecule has 0 N–H and O–H groups in total. The number of halogens is 1. The average Bonchev–Trinajstić information content (AvgIpc) is 2.81. The van der Waals surface area contributed by atoms with E-state index in [1.807, 2.05) is 41.8 Å². The Kier molecular flexibility index (Phi) is 4.92. The number of aryl methyl sites for hydroxylation is 1. The molecule has 0 bridgehead atoms. The molecule has 5 nitrogen and oxygen atoms in total. The predicted octanol–water partition coefficient (Wildman–Crippen LogP) is 2.56. The summed E-state index contributed by atoms with van der Waals surface area (Å²) in [6.07, 6.45) is 0. The molecule has 24 heavy (non-hydrogen) atoms. The lowest BCUT2D eigenvalue weighted by atomic mass is 10.1. The Bertz CT molecular complexity index is 728. The van der Waals surface area contributed by atoms with Crippen molar-refractivity contribution < 1.29 is 4.79 Å². The third-order valence-electron chi connectivity index (χ3n) is 4.68. The molecule has 1 saturated heterocycles. The zero-order chi connectivity index (χ0) is 17.3. The van der Waals surface area contributed by atoms with Crippen molar-refractivity contribution in [1.82, 2.24) is 19.6 Å². The van der Waals surface area contributed by atoms with Crippen LogP contribution in [0.3, 0.4) is 0 Å². The van der Waals surface area contributed by atoms with Gasteiger partial charge >= 0.3 is 0 Å². The largest absolute Gasteiger partial charge is 0.341 e.